The van der Waals surface area contributed by atoms with Gasteiger partial charge in [0.25, 0.3) is 0 Å². The standard InChI is InChI=1S/C21H29F2NO4/c22-12-4-6-18(17(23)9-12)24-21(27)11-3-5-14-15(8-11)20(26)16(19(14)25)10-13-2-1-7-28-13/h11-18H,1-10H2,(H,24,27). The molecule has 1 saturated heterocycles. The van der Waals surface area contributed by atoms with E-state index in [4.69, 9.17) is 4.74 Å². The van der Waals surface area contributed by atoms with E-state index >= 15 is 0 Å². The first-order chi connectivity index (χ1) is 13.4. The molecular weight excluding hydrogens is 368 g/mol. The van der Waals surface area contributed by atoms with Crippen molar-refractivity contribution < 1.29 is 27.9 Å². The van der Waals surface area contributed by atoms with Gasteiger partial charge in [-0.2, -0.15) is 0 Å². The van der Waals surface area contributed by atoms with E-state index in [9.17, 15) is 23.2 Å². The summed E-state index contributed by atoms with van der Waals surface area (Å²) in [6.45, 7) is 0.689. The molecule has 156 valence electrons. The molecule has 7 heteroatoms. The van der Waals surface area contributed by atoms with Crippen molar-refractivity contribution in [1.82, 2.24) is 5.32 Å². The lowest BCUT2D eigenvalue weighted by Gasteiger charge is -2.33. The molecule has 3 saturated carbocycles. The van der Waals surface area contributed by atoms with Crippen LogP contribution in [0.25, 0.3) is 0 Å². The van der Waals surface area contributed by atoms with Gasteiger partial charge in [-0.3, -0.25) is 14.4 Å². The van der Waals surface area contributed by atoms with Crippen LogP contribution in [-0.4, -0.2) is 48.6 Å². The minimum Gasteiger partial charge on any atom is -0.378 e. The third-order valence-electron chi connectivity index (χ3n) is 7.20. The predicted molar refractivity (Wildman–Crippen MR) is 97.0 cm³/mol. The first kappa shape index (κ1) is 19.9. The molecule has 1 aliphatic heterocycles. The topological polar surface area (TPSA) is 72.5 Å². The van der Waals surface area contributed by atoms with Crippen molar-refractivity contribution in [3.8, 4) is 0 Å². The summed E-state index contributed by atoms with van der Waals surface area (Å²) in [5.41, 5.74) is 0. The molecule has 0 spiro atoms. The highest BCUT2D eigenvalue weighted by Crippen LogP contribution is 2.44. The number of ether oxygens (including phenoxy) is 1. The third-order valence-corrected chi connectivity index (χ3v) is 7.20. The summed E-state index contributed by atoms with van der Waals surface area (Å²) in [4.78, 5) is 38.3. The van der Waals surface area contributed by atoms with Crippen LogP contribution < -0.4 is 5.32 Å². The van der Waals surface area contributed by atoms with Crippen LogP contribution in [0.3, 0.4) is 0 Å². The zero-order chi connectivity index (χ0) is 19.8. The zero-order valence-corrected chi connectivity index (χ0v) is 16.1. The average molecular weight is 397 g/mol. The van der Waals surface area contributed by atoms with E-state index in [1.165, 1.54) is 0 Å². The van der Waals surface area contributed by atoms with Crippen LogP contribution in [0.4, 0.5) is 8.78 Å². The normalized spacial score (nSPS) is 43.8. The number of carbonyl (C=O) groups excluding carboxylic acids is 3. The van der Waals surface area contributed by atoms with Crippen LogP contribution in [-0.2, 0) is 19.1 Å². The highest BCUT2D eigenvalue weighted by molar-refractivity contribution is 6.11. The molecule has 0 aromatic heterocycles. The van der Waals surface area contributed by atoms with E-state index in [1.54, 1.807) is 0 Å². The Hall–Kier alpha value is -1.37. The lowest BCUT2D eigenvalue weighted by atomic mass is 9.75. The van der Waals surface area contributed by atoms with Crippen molar-refractivity contribution in [2.45, 2.75) is 82.3 Å². The van der Waals surface area contributed by atoms with Crippen LogP contribution in [0, 0.1) is 23.7 Å². The summed E-state index contributed by atoms with van der Waals surface area (Å²) >= 11 is 0. The average Bonchev–Trinajstić information content (AvgIpc) is 3.27. The highest BCUT2D eigenvalue weighted by atomic mass is 19.1. The van der Waals surface area contributed by atoms with Gasteiger partial charge in [-0.25, -0.2) is 8.78 Å². The fourth-order valence-electron chi connectivity index (χ4n) is 5.58. The Morgan fingerprint density at radius 2 is 1.79 bits per heavy atom. The van der Waals surface area contributed by atoms with Crippen molar-refractivity contribution in [1.29, 1.82) is 0 Å². The van der Waals surface area contributed by atoms with Gasteiger partial charge in [-0.05, 0) is 51.4 Å². The largest absolute Gasteiger partial charge is 0.378 e. The van der Waals surface area contributed by atoms with E-state index in [-0.39, 0.29) is 48.3 Å². The highest BCUT2D eigenvalue weighted by Gasteiger charge is 2.52. The summed E-state index contributed by atoms with van der Waals surface area (Å²) < 4.78 is 32.9. The Morgan fingerprint density at radius 1 is 1.00 bits per heavy atom. The van der Waals surface area contributed by atoms with Gasteiger partial charge >= 0.3 is 0 Å². The molecular formula is C21H29F2NO4. The molecule has 1 N–H and O–H groups in total. The van der Waals surface area contributed by atoms with Crippen LogP contribution in [0.2, 0.25) is 0 Å². The molecule has 4 fully saturated rings. The third kappa shape index (κ3) is 3.87. The van der Waals surface area contributed by atoms with Gasteiger partial charge in [0.15, 0.2) is 0 Å². The van der Waals surface area contributed by atoms with Gasteiger partial charge in [0.2, 0.25) is 5.91 Å². The lowest BCUT2D eigenvalue weighted by Crippen LogP contribution is -2.48. The van der Waals surface area contributed by atoms with E-state index < -0.39 is 30.2 Å². The molecule has 0 aromatic carbocycles. The summed E-state index contributed by atoms with van der Waals surface area (Å²) in [6.07, 6.45) is 1.64. The Kier molecular flexibility index (Phi) is 5.81. The van der Waals surface area contributed by atoms with Gasteiger partial charge in [0.1, 0.15) is 23.9 Å². The van der Waals surface area contributed by atoms with Crippen LogP contribution in [0.1, 0.15) is 57.8 Å². The molecule has 8 atom stereocenters. The lowest BCUT2D eigenvalue weighted by molar-refractivity contribution is -0.131. The summed E-state index contributed by atoms with van der Waals surface area (Å²) in [5.74, 6) is -1.92. The SMILES string of the molecule is O=C(NC1CCC(F)CC1F)C1CCC2C(=O)C(CC3CCCO3)C(=O)C2C1. The van der Waals surface area contributed by atoms with E-state index in [0.717, 1.165) is 12.8 Å². The maximum atomic E-state index is 14.0. The van der Waals surface area contributed by atoms with Crippen LogP contribution in [0.15, 0.2) is 0 Å². The molecule has 4 rings (SSSR count). The van der Waals surface area contributed by atoms with Crippen molar-refractivity contribution in [3.05, 3.63) is 0 Å². The first-order valence-electron chi connectivity index (χ1n) is 10.7. The minimum atomic E-state index is -1.37. The van der Waals surface area contributed by atoms with Crippen LogP contribution >= 0.6 is 0 Å². The maximum Gasteiger partial charge on any atom is 0.223 e. The van der Waals surface area contributed by atoms with Gasteiger partial charge in [0.05, 0.1) is 18.1 Å². The smallest absolute Gasteiger partial charge is 0.223 e. The molecule has 4 aliphatic rings. The number of alkyl halides is 2. The Bertz CT molecular complexity index is 636. The van der Waals surface area contributed by atoms with Gasteiger partial charge in [-0.1, -0.05) is 0 Å². The second kappa shape index (κ2) is 8.17. The molecule has 0 bridgehead atoms. The number of Topliss-reactive ketones (excluding diaryl/α,β-unsaturated/α-hetero) is 2. The fraction of sp³-hybridized carbons (Fsp3) is 0.857. The minimum absolute atomic E-state index is 0.00994. The molecule has 1 heterocycles. The number of halogens is 2. The molecule has 3 aliphatic carbocycles. The fourth-order valence-corrected chi connectivity index (χ4v) is 5.58. The molecule has 5 nitrogen and oxygen atoms in total. The van der Waals surface area contributed by atoms with Gasteiger partial charge in [-0.15, -0.1) is 0 Å². The summed E-state index contributed by atoms with van der Waals surface area (Å²) in [6, 6.07) is -0.648. The molecule has 28 heavy (non-hydrogen) atoms. The van der Waals surface area contributed by atoms with E-state index in [1.807, 2.05) is 0 Å². The van der Waals surface area contributed by atoms with Gasteiger partial charge < -0.3 is 10.1 Å². The number of amides is 1. The first-order valence-corrected chi connectivity index (χ1v) is 10.7. The molecule has 0 radical (unpaired) electrons. The molecule has 0 aromatic rings. The Balaban J connectivity index is 1.35. The quantitative estimate of drug-likeness (QED) is 0.741. The summed E-state index contributed by atoms with van der Waals surface area (Å²) in [7, 11) is 0. The second-order valence-corrected chi connectivity index (χ2v) is 8.99. The maximum absolute atomic E-state index is 14.0. The molecule has 1 amide bonds. The van der Waals surface area contributed by atoms with Crippen LogP contribution in [0.5, 0.6) is 0 Å². The number of carbonyl (C=O) groups is 3. The monoisotopic (exact) mass is 397 g/mol. The number of rotatable bonds is 4. The number of nitrogens with one attached hydrogen (secondary N) is 1. The van der Waals surface area contributed by atoms with Crippen molar-refractivity contribution in [3.63, 3.8) is 0 Å². The molecule has 8 unspecified atom stereocenters. The van der Waals surface area contributed by atoms with E-state index in [2.05, 4.69) is 5.32 Å². The summed E-state index contributed by atoms with van der Waals surface area (Å²) in [5, 5.41) is 2.74. The zero-order valence-electron chi connectivity index (χ0n) is 16.1. The number of hydrogen-bond acceptors (Lipinski definition) is 4. The van der Waals surface area contributed by atoms with Gasteiger partial charge in [0, 0.05) is 30.8 Å². The number of ketones is 2. The Labute approximate surface area is 163 Å². The second-order valence-electron chi connectivity index (χ2n) is 8.99. The Morgan fingerprint density at radius 3 is 2.50 bits per heavy atom. The predicted octanol–water partition coefficient (Wildman–Crippen LogP) is 2.70. The van der Waals surface area contributed by atoms with Crippen molar-refractivity contribution in [2.75, 3.05) is 6.61 Å². The van der Waals surface area contributed by atoms with Crippen molar-refractivity contribution >= 4 is 17.5 Å². The number of fused-ring (bicyclic) bond motifs is 1. The number of hydrogen-bond donors (Lipinski definition) is 1. The van der Waals surface area contributed by atoms with E-state index in [0.29, 0.717) is 38.7 Å². The van der Waals surface area contributed by atoms with Crippen molar-refractivity contribution in [2.24, 2.45) is 23.7 Å².